The van der Waals surface area contributed by atoms with Crippen molar-refractivity contribution in [3.63, 3.8) is 0 Å². The molecule has 0 atom stereocenters. The van der Waals surface area contributed by atoms with Crippen molar-refractivity contribution in [3.05, 3.63) is 35.7 Å². The first kappa shape index (κ1) is 9.43. The van der Waals surface area contributed by atoms with Gasteiger partial charge in [-0.2, -0.15) is 5.26 Å². The Balaban J connectivity index is 3.08. The van der Waals surface area contributed by atoms with Gasteiger partial charge in [-0.15, -0.1) is 0 Å². The number of nitrogens with two attached hydrogens (primary N) is 1. The van der Waals surface area contributed by atoms with E-state index in [2.05, 4.69) is 11.6 Å². The van der Waals surface area contributed by atoms with E-state index in [-0.39, 0.29) is 0 Å². The van der Waals surface area contributed by atoms with Crippen molar-refractivity contribution in [2.75, 3.05) is 6.54 Å². The van der Waals surface area contributed by atoms with Crippen LogP contribution in [0.1, 0.15) is 17.0 Å². The largest absolute Gasteiger partial charge is 0.330 e. The minimum absolute atomic E-state index is 0.417. The van der Waals surface area contributed by atoms with Gasteiger partial charge in [0.15, 0.2) is 0 Å². The van der Waals surface area contributed by atoms with Crippen LogP contribution in [0.3, 0.4) is 0 Å². The monoisotopic (exact) mass is 173 g/mol. The van der Waals surface area contributed by atoms with Gasteiger partial charge in [0.2, 0.25) is 0 Å². The molecule has 0 fully saturated rings. The number of nitrogens with zero attached hydrogens (tertiary/aromatic N) is 2. The van der Waals surface area contributed by atoms with Crippen molar-refractivity contribution in [2.45, 2.75) is 6.42 Å². The zero-order valence-electron chi connectivity index (χ0n) is 7.33. The second-order valence-corrected chi connectivity index (χ2v) is 2.63. The van der Waals surface area contributed by atoms with E-state index in [1.165, 1.54) is 0 Å². The van der Waals surface area contributed by atoms with Crippen molar-refractivity contribution < 1.29 is 0 Å². The van der Waals surface area contributed by atoms with E-state index in [1.807, 2.05) is 12.1 Å². The summed E-state index contributed by atoms with van der Waals surface area (Å²) in [6, 6.07) is 5.59. The van der Waals surface area contributed by atoms with Crippen LogP contribution >= 0.6 is 0 Å². The van der Waals surface area contributed by atoms with Crippen LogP contribution in [0.5, 0.6) is 0 Å². The van der Waals surface area contributed by atoms with E-state index in [0.29, 0.717) is 18.7 Å². The third-order valence-electron chi connectivity index (χ3n) is 1.65. The highest BCUT2D eigenvalue weighted by molar-refractivity contribution is 5.49. The maximum atomic E-state index is 8.67. The number of rotatable bonds is 3. The van der Waals surface area contributed by atoms with Crippen LogP contribution in [0.4, 0.5) is 0 Å². The molecule has 0 aliphatic rings. The lowest BCUT2D eigenvalue weighted by Gasteiger charge is -2.00. The highest BCUT2D eigenvalue weighted by Gasteiger charge is 1.99. The fourth-order valence-corrected chi connectivity index (χ4v) is 1.06. The number of aromatic nitrogens is 1. The summed E-state index contributed by atoms with van der Waals surface area (Å²) in [4.78, 5) is 4.10. The van der Waals surface area contributed by atoms with E-state index in [1.54, 1.807) is 12.1 Å². The van der Waals surface area contributed by atoms with Gasteiger partial charge in [0.05, 0.1) is 0 Å². The lowest BCUT2D eigenvalue weighted by Crippen LogP contribution is -2.05. The fourth-order valence-electron chi connectivity index (χ4n) is 1.06. The van der Waals surface area contributed by atoms with Gasteiger partial charge in [0.1, 0.15) is 11.8 Å². The minimum atomic E-state index is 0.417. The SMILES string of the molecule is C=Cc1cc(C#N)nc(CCN)c1. The van der Waals surface area contributed by atoms with Crippen molar-refractivity contribution >= 4 is 6.08 Å². The van der Waals surface area contributed by atoms with Gasteiger partial charge < -0.3 is 5.73 Å². The van der Waals surface area contributed by atoms with Crippen LogP contribution in [0.25, 0.3) is 6.08 Å². The van der Waals surface area contributed by atoms with Gasteiger partial charge in [0.25, 0.3) is 0 Å². The van der Waals surface area contributed by atoms with Crippen molar-refractivity contribution in [1.82, 2.24) is 4.98 Å². The Labute approximate surface area is 77.5 Å². The van der Waals surface area contributed by atoms with Crippen LogP contribution in [-0.4, -0.2) is 11.5 Å². The van der Waals surface area contributed by atoms with E-state index < -0.39 is 0 Å². The van der Waals surface area contributed by atoms with Crippen LogP contribution < -0.4 is 5.73 Å². The molecule has 1 heterocycles. The topological polar surface area (TPSA) is 62.7 Å². The summed E-state index contributed by atoms with van der Waals surface area (Å²) < 4.78 is 0. The Kier molecular flexibility index (Phi) is 3.18. The average Bonchev–Trinajstić information content (AvgIpc) is 2.17. The number of pyridine rings is 1. The lowest BCUT2D eigenvalue weighted by molar-refractivity contribution is 0.918. The Bertz CT molecular complexity index is 350. The highest BCUT2D eigenvalue weighted by atomic mass is 14.7. The minimum Gasteiger partial charge on any atom is -0.330 e. The van der Waals surface area contributed by atoms with E-state index in [4.69, 9.17) is 11.0 Å². The summed E-state index contributed by atoms with van der Waals surface area (Å²) >= 11 is 0. The summed E-state index contributed by atoms with van der Waals surface area (Å²) in [5, 5.41) is 8.67. The molecule has 1 aromatic heterocycles. The summed E-state index contributed by atoms with van der Waals surface area (Å²) in [6.07, 6.45) is 2.39. The molecule has 0 spiro atoms. The Morgan fingerprint density at radius 3 is 2.92 bits per heavy atom. The molecular weight excluding hydrogens is 162 g/mol. The predicted octanol–water partition coefficient (Wildman–Crippen LogP) is 1.10. The standard InChI is InChI=1S/C10H11N3/c1-2-8-5-9(3-4-11)13-10(6-8)7-12/h2,5-6H,1,3-4,11H2. The van der Waals surface area contributed by atoms with Gasteiger partial charge >= 0.3 is 0 Å². The molecule has 0 saturated carbocycles. The summed E-state index contributed by atoms with van der Waals surface area (Å²) in [5.74, 6) is 0. The third-order valence-corrected chi connectivity index (χ3v) is 1.65. The Morgan fingerprint density at radius 2 is 2.38 bits per heavy atom. The molecule has 1 aromatic rings. The highest BCUT2D eigenvalue weighted by Crippen LogP contribution is 2.07. The quantitative estimate of drug-likeness (QED) is 0.744. The molecule has 66 valence electrons. The Hall–Kier alpha value is -1.66. The Morgan fingerprint density at radius 1 is 1.62 bits per heavy atom. The molecule has 13 heavy (non-hydrogen) atoms. The molecule has 0 unspecified atom stereocenters. The van der Waals surface area contributed by atoms with Gasteiger partial charge in [-0.05, 0) is 24.2 Å². The van der Waals surface area contributed by atoms with E-state index in [9.17, 15) is 0 Å². The average molecular weight is 173 g/mol. The lowest BCUT2D eigenvalue weighted by atomic mass is 10.1. The maximum absolute atomic E-state index is 8.67. The number of nitriles is 1. The zero-order valence-corrected chi connectivity index (χ0v) is 7.33. The van der Waals surface area contributed by atoms with Gasteiger partial charge in [-0.1, -0.05) is 12.7 Å². The molecule has 3 nitrogen and oxygen atoms in total. The van der Waals surface area contributed by atoms with Gasteiger partial charge in [-0.25, -0.2) is 4.98 Å². The summed E-state index contributed by atoms with van der Waals surface area (Å²) in [7, 11) is 0. The molecule has 3 heteroatoms. The first-order chi connectivity index (χ1) is 6.30. The van der Waals surface area contributed by atoms with Crippen molar-refractivity contribution in [3.8, 4) is 6.07 Å². The number of hydrogen-bond donors (Lipinski definition) is 1. The summed E-state index contributed by atoms with van der Waals surface area (Å²) in [5.41, 5.74) is 7.57. The molecule has 0 saturated heterocycles. The molecule has 0 amide bonds. The molecule has 0 aliphatic carbocycles. The first-order valence-electron chi connectivity index (χ1n) is 4.03. The van der Waals surface area contributed by atoms with Crippen LogP contribution in [-0.2, 0) is 6.42 Å². The van der Waals surface area contributed by atoms with E-state index >= 15 is 0 Å². The molecule has 2 N–H and O–H groups in total. The van der Waals surface area contributed by atoms with Gasteiger partial charge in [0, 0.05) is 12.1 Å². The fraction of sp³-hybridized carbons (Fsp3) is 0.200. The molecule has 0 aromatic carbocycles. The second kappa shape index (κ2) is 4.39. The second-order valence-electron chi connectivity index (χ2n) is 2.63. The smallest absolute Gasteiger partial charge is 0.141 e. The van der Waals surface area contributed by atoms with Crippen molar-refractivity contribution in [1.29, 1.82) is 5.26 Å². The van der Waals surface area contributed by atoms with Crippen LogP contribution in [0, 0.1) is 11.3 Å². The zero-order chi connectivity index (χ0) is 9.68. The van der Waals surface area contributed by atoms with Gasteiger partial charge in [-0.3, -0.25) is 0 Å². The molecule has 0 aliphatic heterocycles. The van der Waals surface area contributed by atoms with E-state index in [0.717, 1.165) is 11.3 Å². The summed E-state index contributed by atoms with van der Waals surface area (Å²) in [6.45, 7) is 4.18. The first-order valence-corrected chi connectivity index (χ1v) is 4.03. The maximum Gasteiger partial charge on any atom is 0.141 e. The van der Waals surface area contributed by atoms with Crippen LogP contribution in [0.2, 0.25) is 0 Å². The molecule has 0 bridgehead atoms. The van der Waals surface area contributed by atoms with Crippen LogP contribution in [0.15, 0.2) is 18.7 Å². The third kappa shape index (κ3) is 2.39. The molecule has 0 radical (unpaired) electrons. The normalized spacial score (nSPS) is 9.23. The van der Waals surface area contributed by atoms with Crippen molar-refractivity contribution in [2.24, 2.45) is 5.73 Å². The molecule has 1 rings (SSSR count). The molecular formula is C10H11N3. The number of hydrogen-bond acceptors (Lipinski definition) is 3. The predicted molar refractivity (Wildman–Crippen MR) is 51.8 cm³/mol.